The van der Waals surface area contributed by atoms with E-state index in [0.29, 0.717) is 16.7 Å². The van der Waals surface area contributed by atoms with E-state index in [0.717, 1.165) is 6.54 Å². The Labute approximate surface area is 104 Å². The van der Waals surface area contributed by atoms with Crippen molar-refractivity contribution >= 4 is 0 Å². The van der Waals surface area contributed by atoms with Gasteiger partial charge in [0.1, 0.15) is 0 Å². The second kappa shape index (κ2) is 3.82. The minimum Gasteiger partial charge on any atom is -0.271 e. The topological polar surface area (TPSA) is 55.9 Å². The summed E-state index contributed by atoms with van der Waals surface area (Å²) >= 11 is 0. The first-order chi connectivity index (χ1) is 7.87. The van der Waals surface area contributed by atoms with Crippen LogP contribution < -0.4 is 11.3 Å². The van der Waals surface area contributed by atoms with Crippen molar-refractivity contribution < 1.29 is 0 Å². The van der Waals surface area contributed by atoms with Crippen molar-refractivity contribution in [3.8, 4) is 0 Å². The molecule has 0 amide bonds. The average Bonchev–Trinajstić information content (AvgIpc) is 2.65. The molecule has 1 heterocycles. The van der Waals surface area contributed by atoms with Crippen LogP contribution in [-0.4, -0.2) is 9.78 Å². The second-order valence-corrected chi connectivity index (χ2v) is 6.14. The first kappa shape index (κ1) is 12.6. The fourth-order valence-electron chi connectivity index (χ4n) is 3.30. The Morgan fingerprint density at radius 1 is 1.41 bits per heavy atom. The molecule has 4 nitrogen and oxygen atoms in total. The maximum atomic E-state index is 5.78. The standard InChI is InChI=1S/C13H24N4/c1-6-17-9(7-8-15-17)10(16-14)11-12(2,3)13(11,4)5/h7-8,10-11,16H,6,14H2,1-5H3. The van der Waals surface area contributed by atoms with Crippen molar-refractivity contribution in [2.45, 2.75) is 47.2 Å². The van der Waals surface area contributed by atoms with Crippen molar-refractivity contribution in [2.24, 2.45) is 22.6 Å². The fourth-order valence-corrected chi connectivity index (χ4v) is 3.30. The number of nitrogens with zero attached hydrogens (tertiary/aromatic N) is 2. The Kier molecular flexibility index (Phi) is 2.83. The van der Waals surface area contributed by atoms with Crippen LogP contribution in [-0.2, 0) is 6.54 Å². The molecule has 0 saturated heterocycles. The number of hydrogen-bond donors (Lipinski definition) is 2. The van der Waals surface area contributed by atoms with Crippen LogP contribution in [0.2, 0.25) is 0 Å². The number of hydrazine groups is 1. The van der Waals surface area contributed by atoms with Gasteiger partial charge in [-0.05, 0) is 29.7 Å². The summed E-state index contributed by atoms with van der Waals surface area (Å²) in [5.41, 5.74) is 4.81. The number of nitrogens with one attached hydrogen (secondary N) is 1. The van der Waals surface area contributed by atoms with Crippen molar-refractivity contribution in [1.29, 1.82) is 0 Å². The molecule has 0 bridgehead atoms. The van der Waals surface area contributed by atoms with Crippen LogP contribution in [0.4, 0.5) is 0 Å². The summed E-state index contributed by atoms with van der Waals surface area (Å²) in [5, 5.41) is 4.33. The lowest BCUT2D eigenvalue weighted by Gasteiger charge is -2.19. The summed E-state index contributed by atoms with van der Waals surface area (Å²) in [7, 11) is 0. The third-order valence-corrected chi connectivity index (χ3v) is 5.01. The van der Waals surface area contributed by atoms with E-state index in [9.17, 15) is 0 Å². The van der Waals surface area contributed by atoms with Crippen LogP contribution in [0, 0.1) is 16.7 Å². The molecule has 3 N–H and O–H groups in total. The van der Waals surface area contributed by atoms with Crippen molar-refractivity contribution in [3.05, 3.63) is 18.0 Å². The van der Waals surface area contributed by atoms with Crippen LogP contribution in [0.3, 0.4) is 0 Å². The summed E-state index contributed by atoms with van der Waals surface area (Å²) in [4.78, 5) is 0. The van der Waals surface area contributed by atoms with Gasteiger partial charge in [-0.3, -0.25) is 16.0 Å². The molecule has 0 spiro atoms. The predicted molar refractivity (Wildman–Crippen MR) is 69.0 cm³/mol. The molecule has 1 atom stereocenters. The molecule has 1 aliphatic rings. The van der Waals surface area contributed by atoms with Crippen LogP contribution in [0.5, 0.6) is 0 Å². The highest BCUT2D eigenvalue weighted by atomic mass is 15.3. The molecule has 0 radical (unpaired) electrons. The number of aryl methyl sites for hydroxylation is 1. The molecule has 96 valence electrons. The lowest BCUT2D eigenvalue weighted by molar-refractivity contribution is 0.389. The Bertz CT molecular complexity index is 391. The molecule has 1 unspecified atom stereocenters. The molecule has 1 saturated carbocycles. The molecular formula is C13H24N4. The summed E-state index contributed by atoms with van der Waals surface area (Å²) < 4.78 is 2.02. The Morgan fingerprint density at radius 3 is 2.41 bits per heavy atom. The zero-order valence-corrected chi connectivity index (χ0v) is 11.5. The van der Waals surface area contributed by atoms with Gasteiger partial charge >= 0.3 is 0 Å². The van der Waals surface area contributed by atoms with E-state index in [4.69, 9.17) is 5.84 Å². The van der Waals surface area contributed by atoms with Crippen LogP contribution in [0.25, 0.3) is 0 Å². The largest absolute Gasteiger partial charge is 0.271 e. The summed E-state index contributed by atoms with van der Waals surface area (Å²) in [6, 6.07) is 2.25. The van der Waals surface area contributed by atoms with E-state index in [1.54, 1.807) is 0 Å². The van der Waals surface area contributed by atoms with Crippen LogP contribution in [0.1, 0.15) is 46.4 Å². The van der Waals surface area contributed by atoms with Gasteiger partial charge in [0, 0.05) is 12.7 Å². The highest BCUT2D eigenvalue weighted by Gasteiger charge is 2.67. The highest BCUT2D eigenvalue weighted by molar-refractivity contribution is 5.22. The summed E-state index contributed by atoms with van der Waals surface area (Å²) in [6.07, 6.45) is 1.85. The van der Waals surface area contributed by atoms with Gasteiger partial charge in [-0.25, -0.2) is 0 Å². The number of rotatable bonds is 4. The Balaban J connectivity index is 2.31. The summed E-state index contributed by atoms with van der Waals surface area (Å²) in [5.74, 6) is 6.32. The monoisotopic (exact) mass is 236 g/mol. The van der Waals surface area contributed by atoms with Crippen LogP contribution >= 0.6 is 0 Å². The number of hydrogen-bond acceptors (Lipinski definition) is 3. The molecule has 0 aromatic carbocycles. The lowest BCUT2D eigenvalue weighted by Crippen LogP contribution is -2.33. The van der Waals surface area contributed by atoms with Gasteiger partial charge in [0.05, 0.1) is 11.7 Å². The molecule has 2 rings (SSSR count). The van der Waals surface area contributed by atoms with E-state index >= 15 is 0 Å². The maximum absolute atomic E-state index is 5.78. The van der Waals surface area contributed by atoms with E-state index < -0.39 is 0 Å². The molecule has 1 aromatic rings. The van der Waals surface area contributed by atoms with Crippen LogP contribution in [0.15, 0.2) is 12.3 Å². The summed E-state index contributed by atoms with van der Waals surface area (Å²) in [6.45, 7) is 12.2. The Hall–Kier alpha value is -0.870. The van der Waals surface area contributed by atoms with Crippen molar-refractivity contribution in [3.63, 3.8) is 0 Å². The van der Waals surface area contributed by atoms with Gasteiger partial charge in [-0.15, -0.1) is 0 Å². The number of nitrogens with two attached hydrogens (primary N) is 1. The van der Waals surface area contributed by atoms with Gasteiger partial charge in [0.15, 0.2) is 0 Å². The smallest absolute Gasteiger partial charge is 0.0667 e. The van der Waals surface area contributed by atoms with E-state index in [-0.39, 0.29) is 6.04 Å². The highest BCUT2D eigenvalue weighted by Crippen LogP contribution is 2.72. The van der Waals surface area contributed by atoms with Gasteiger partial charge in [0.2, 0.25) is 0 Å². The molecular weight excluding hydrogens is 212 g/mol. The molecule has 1 aliphatic carbocycles. The van der Waals surface area contributed by atoms with E-state index in [1.807, 2.05) is 10.9 Å². The molecule has 4 heteroatoms. The maximum Gasteiger partial charge on any atom is 0.0667 e. The lowest BCUT2D eigenvalue weighted by atomic mass is 10.0. The van der Waals surface area contributed by atoms with E-state index in [2.05, 4.69) is 51.2 Å². The minimum atomic E-state index is 0.183. The zero-order chi connectivity index (χ0) is 12.8. The minimum absolute atomic E-state index is 0.183. The van der Waals surface area contributed by atoms with Gasteiger partial charge < -0.3 is 0 Å². The van der Waals surface area contributed by atoms with Gasteiger partial charge in [-0.2, -0.15) is 5.10 Å². The van der Waals surface area contributed by atoms with Crippen molar-refractivity contribution in [2.75, 3.05) is 0 Å². The number of aromatic nitrogens is 2. The fraction of sp³-hybridized carbons (Fsp3) is 0.769. The zero-order valence-electron chi connectivity index (χ0n) is 11.5. The second-order valence-electron chi connectivity index (χ2n) is 6.14. The molecule has 0 aliphatic heterocycles. The van der Waals surface area contributed by atoms with E-state index in [1.165, 1.54) is 5.69 Å². The van der Waals surface area contributed by atoms with Gasteiger partial charge in [0.25, 0.3) is 0 Å². The molecule has 17 heavy (non-hydrogen) atoms. The third kappa shape index (κ3) is 1.62. The average molecular weight is 236 g/mol. The quantitative estimate of drug-likeness (QED) is 0.621. The normalized spacial score (nSPS) is 23.6. The first-order valence-corrected chi connectivity index (χ1v) is 6.35. The van der Waals surface area contributed by atoms with Crippen molar-refractivity contribution in [1.82, 2.24) is 15.2 Å². The third-order valence-electron chi connectivity index (χ3n) is 5.01. The molecule has 1 aromatic heterocycles. The van der Waals surface area contributed by atoms with Gasteiger partial charge in [-0.1, -0.05) is 27.7 Å². The Morgan fingerprint density at radius 2 is 2.00 bits per heavy atom. The predicted octanol–water partition coefficient (Wildman–Crippen LogP) is 2.09. The first-order valence-electron chi connectivity index (χ1n) is 6.35. The SMILES string of the molecule is CCn1nccc1C(NN)C1C(C)(C)C1(C)C. The molecule has 1 fully saturated rings.